The molecule has 2 N–H and O–H groups in total. The van der Waals surface area contributed by atoms with Gasteiger partial charge in [-0.25, -0.2) is 0 Å². The number of hydrogen-bond acceptors (Lipinski definition) is 5. The predicted octanol–water partition coefficient (Wildman–Crippen LogP) is 6.26. The highest BCUT2D eigenvalue weighted by Crippen LogP contribution is 2.37. The lowest BCUT2D eigenvalue weighted by molar-refractivity contribution is -0.118. The van der Waals surface area contributed by atoms with Crippen LogP contribution in [0.2, 0.25) is 10.0 Å². The van der Waals surface area contributed by atoms with Crippen LogP contribution in [0.1, 0.15) is 18.1 Å². The zero-order valence-corrected chi connectivity index (χ0v) is 21.1. The third kappa shape index (κ3) is 7.51. The Labute approximate surface area is 219 Å². The van der Waals surface area contributed by atoms with Gasteiger partial charge in [-0.1, -0.05) is 40.9 Å². The number of ether oxygens (including phenoxy) is 2. The van der Waals surface area contributed by atoms with Crippen molar-refractivity contribution < 1.29 is 19.1 Å². The summed E-state index contributed by atoms with van der Waals surface area (Å²) >= 11 is 12.3. The minimum absolute atomic E-state index is 0.144. The van der Waals surface area contributed by atoms with Crippen molar-refractivity contribution in [3.05, 3.63) is 87.4 Å². The summed E-state index contributed by atoms with van der Waals surface area (Å²) in [5.74, 6) is -0.511. The van der Waals surface area contributed by atoms with Gasteiger partial charge in [0.2, 0.25) is 0 Å². The number of amides is 2. The van der Waals surface area contributed by atoms with E-state index in [2.05, 4.69) is 10.6 Å². The number of aryl methyl sites for hydroxylation is 1. The molecule has 9 heteroatoms. The van der Waals surface area contributed by atoms with E-state index >= 15 is 0 Å². The molecular formula is C27H23Cl2N3O4. The van der Waals surface area contributed by atoms with E-state index in [1.54, 1.807) is 49.4 Å². The first-order valence-electron chi connectivity index (χ1n) is 10.9. The number of carbonyl (C=O) groups excluding carboxylic acids is 2. The highest BCUT2D eigenvalue weighted by atomic mass is 35.5. The van der Waals surface area contributed by atoms with Crippen LogP contribution in [0, 0.1) is 18.3 Å². The molecule has 0 unspecified atom stereocenters. The summed E-state index contributed by atoms with van der Waals surface area (Å²) in [6, 6.07) is 18.9. The number of carbonyl (C=O) groups is 2. The van der Waals surface area contributed by atoms with Crippen molar-refractivity contribution in [3.8, 4) is 17.6 Å². The average Bonchev–Trinajstić information content (AvgIpc) is 2.85. The van der Waals surface area contributed by atoms with Crippen molar-refractivity contribution in [1.82, 2.24) is 0 Å². The van der Waals surface area contributed by atoms with Gasteiger partial charge < -0.3 is 20.1 Å². The summed E-state index contributed by atoms with van der Waals surface area (Å²) in [4.78, 5) is 24.9. The van der Waals surface area contributed by atoms with Crippen LogP contribution in [0.15, 0.2) is 66.2 Å². The molecule has 0 saturated heterocycles. The fourth-order valence-corrected chi connectivity index (χ4v) is 3.49. The maximum Gasteiger partial charge on any atom is 0.266 e. The zero-order chi connectivity index (χ0) is 26.1. The third-order valence-electron chi connectivity index (χ3n) is 4.79. The number of nitrogens with one attached hydrogen (secondary N) is 2. The van der Waals surface area contributed by atoms with E-state index < -0.39 is 5.91 Å². The molecule has 0 fully saturated rings. The van der Waals surface area contributed by atoms with Crippen molar-refractivity contribution in [2.45, 2.75) is 13.8 Å². The second kappa shape index (κ2) is 12.6. The first-order chi connectivity index (χ1) is 17.3. The van der Waals surface area contributed by atoms with Gasteiger partial charge in [0.05, 0.1) is 11.6 Å². The number of hydrogen-bond donors (Lipinski definition) is 2. The maximum atomic E-state index is 12.6. The summed E-state index contributed by atoms with van der Waals surface area (Å²) in [5.41, 5.74) is 2.52. The Balaban J connectivity index is 1.76. The molecule has 0 aliphatic heterocycles. The van der Waals surface area contributed by atoms with Gasteiger partial charge in [0, 0.05) is 16.4 Å². The monoisotopic (exact) mass is 523 g/mol. The SMILES string of the molecule is CCOc1cc(/C=C(\C#N)C(=O)Nc2ccc(Cl)cc2)cc(Cl)c1OCC(=O)Nc1ccc(C)cc1. The van der Waals surface area contributed by atoms with E-state index in [9.17, 15) is 14.9 Å². The first kappa shape index (κ1) is 26.6. The van der Waals surface area contributed by atoms with Crippen LogP contribution >= 0.6 is 23.2 Å². The molecule has 0 spiro atoms. The summed E-state index contributed by atoms with van der Waals surface area (Å²) in [6.45, 7) is 3.74. The number of nitrogens with zero attached hydrogens (tertiary/aromatic N) is 1. The van der Waals surface area contributed by atoms with E-state index in [1.807, 2.05) is 25.1 Å². The van der Waals surface area contributed by atoms with Gasteiger partial charge in [0.15, 0.2) is 18.1 Å². The molecule has 0 aliphatic carbocycles. The van der Waals surface area contributed by atoms with Gasteiger partial charge in [-0.05, 0) is 74.0 Å². The molecule has 184 valence electrons. The van der Waals surface area contributed by atoms with Crippen LogP contribution in [-0.2, 0) is 9.59 Å². The third-order valence-corrected chi connectivity index (χ3v) is 5.33. The quantitative estimate of drug-likeness (QED) is 0.254. The van der Waals surface area contributed by atoms with E-state index in [4.69, 9.17) is 32.7 Å². The molecule has 0 aromatic heterocycles. The largest absolute Gasteiger partial charge is 0.490 e. The lowest BCUT2D eigenvalue weighted by atomic mass is 10.1. The second-order valence-corrected chi connectivity index (χ2v) is 8.44. The normalized spacial score (nSPS) is 10.8. The molecule has 0 heterocycles. The topological polar surface area (TPSA) is 100 Å². The van der Waals surface area contributed by atoms with E-state index in [0.29, 0.717) is 28.6 Å². The van der Waals surface area contributed by atoms with Crippen LogP contribution in [0.3, 0.4) is 0 Å². The Kier molecular flexibility index (Phi) is 9.34. The van der Waals surface area contributed by atoms with Crippen molar-refractivity contribution in [1.29, 1.82) is 5.26 Å². The molecule has 2 amide bonds. The van der Waals surface area contributed by atoms with E-state index in [0.717, 1.165) is 5.56 Å². The fraction of sp³-hybridized carbons (Fsp3) is 0.148. The number of halogens is 2. The molecule has 3 rings (SSSR count). The molecule has 3 aromatic rings. The van der Waals surface area contributed by atoms with Crippen LogP contribution in [0.4, 0.5) is 11.4 Å². The summed E-state index contributed by atoms with van der Waals surface area (Å²) in [6.07, 6.45) is 1.38. The molecule has 0 atom stereocenters. The van der Waals surface area contributed by atoms with Crippen LogP contribution in [-0.4, -0.2) is 25.0 Å². The highest BCUT2D eigenvalue weighted by molar-refractivity contribution is 6.32. The highest BCUT2D eigenvalue weighted by Gasteiger charge is 2.16. The number of nitriles is 1. The molecule has 0 saturated carbocycles. The van der Waals surface area contributed by atoms with Crippen LogP contribution < -0.4 is 20.1 Å². The average molecular weight is 524 g/mol. The number of benzene rings is 3. The Hall–Kier alpha value is -3.99. The van der Waals surface area contributed by atoms with Gasteiger partial charge in [0.1, 0.15) is 11.6 Å². The summed E-state index contributed by atoms with van der Waals surface area (Å²) in [7, 11) is 0. The van der Waals surface area contributed by atoms with Crippen molar-refractivity contribution >= 4 is 52.5 Å². The first-order valence-corrected chi connectivity index (χ1v) is 11.7. The van der Waals surface area contributed by atoms with Gasteiger partial charge in [-0.15, -0.1) is 0 Å². The smallest absolute Gasteiger partial charge is 0.266 e. The van der Waals surface area contributed by atoms with E-state index in [1.165, 1.54) is 12.1 Å². The number of anilines is 2. The molecule has 0 bridgehead atoms. The summed E-state index contributed by atoms with van der Waals surface area (Å²) in [5, 5.41) is 15.6. The van der Waals surface area contributed by atoms with Gasteiger partial charge in [-0.2, -0.15) is 5.26 Å². The van der Waals surface area contributed by atoms with E-state index in [-0.39, 0.29) is 34.6 Å². The number of rotatable bonds is 9. The van der Waals surface area contributed by atoms with Crippen LogP contribution in [0.25, 0.3) is 6.08 Å². The Bertz CT molecular complexity index is 1310. The molecule has 0 radical (unpaired) electrons. The van der Waals surface area contributed by atoms with Gasteiger partial charge in [0.25, 0.3) is 11.8 Å². The predicted molar refractivity (Wildman–Crippen MR) is 142 cm³/mol. The molecular weight excluding hydrogens is 501 g/mol. The molecule has 36 heavy (non-hydrogen) atoms. The Morgan fingerprint density at radius 3 is 2.25 bits per heavy atom. The van der Waals surface area contributed by atoms with Crippen molar-refractivity contribution in [2.24, 2.45) is 0 Å². The van der Waals surface area contributed by atoms with Gasteiger partial charge >= 0.3 is 0 Å². The van der Waals surface area contributed by atoms with Gasteiger partial charge in [-0.3, -0.25) is 9.59 Å². The van der Waals surface area contributed by atoms with Crippen LogP contribution in [0.5, 0.6) is 11.5 Å². The minimum atomic E-state index is -0.595. The van der Waals surface area contributed by atoms with Crippen molar-refractivity contribution in [3.63, 3.8) is 0 Å². The molecule has 7 nitrogen and oxygen atoms in total. The molecule has 0 aliphatic rings. The standard InChI is InChI=1S/C27H23Cl2N3O4/c1-3-35-24-14-18(12-19(15-30)27(34)32-22-10-6-20(28)7-11-22)13-23(29)26(24)36-16-25(33)31-21-8-4-17(2)5-9-21/h4-14H,3,16H2,1-2H3,(H,31,33)(H,32,34)/b19-12+. The second-order valence-electron chi connectivity index (χ2n) is 7.60. The summed E-state index contributed by atoms with van der Waals surface area (Å²) < 4.78 is 11.3. The molecule has 3 aromatic carbocycles. The lowest BCUT2D eigenvalue weighted by Gasteiger charge is -2.15. The Morgan fingerprint density at radius 2 is 1.61 bits per heavy atom. The lowest BCUT2D eigenvalue weighted by Crippen LogP contribution is -2.20. The zero-order valence-electron chi connectivity index (χ0n) is 19.6. The minimum Gasteiger partial charge on any atom is -0.490 e. The fourth-order valence-electron chi connectivity index (χ4n) is 3.09. The van der Waals surface area contributed by atoms with Crippen molar-refractivity contribution in [2.75, 3.05) is 23.8 Å². The maximum absolute atomic E-state index is 12.6. The Morgan fingerprint density at radius 1 is 0.972 bits per heavy atom.